The summed E-state index contributed by atoms with van der Waals surface area (Å²) < 4.78 is 7.38. The Morgan fingerprint density at radius 1 is 1.21 bits per heavy atom. The van der Waals surface area contributed by atoms with Crippen LogP contribution in [-0.4, -0.2) is 39.8 Å². The van der Waals surface area contributed by atoms with Crippen molar-refractivity contribution in [3.8, 4) is 11.8 Å². The Morgan fingerprint density at radius 2 is 2.03 bits per heavy atom. The maximum absolute atomic E-state index is 13.2. The number of ketones is 1. The highest BCUT2D eigenvalue weighted by atomic mass is 16.5. The van der Waals surface area contributed by atoms with Crippen LogP contribution in [0.2, 0.25) is 0 Å². The molecule has 1 saturated heterocycles. The van der Waals surface area contributed by atoms with E-state index < -0.39 is 0 Å². The summed E-state index contributed by atoms with van der Waals surface area (Å²) in [6.45, 7) is 5.70. The summed E-state index contributed by atoms with van der Waals surface area (Å²) in [4.78, 5) is 17.7. The average Bonchev–Trinajstić information content (AvgIpc) is 3.17. The minimum atomic E-state index is -0.139. The van der Waals surface area contributed by atoms with Crippen LogP contribution in [0, 0.1) is 16.7 Å². The maximum Gasteiger partial charge on any atom is 0.167 e. The Bertz CT molecular complexity index is 1250. The van der Waals surface area contributed by atoms with E-state index in [4.69, 9.17) is 9.84 Å². The highest BCUT2D eigenvalue weighted by molar-refractivity contribution is 6.00. The van der Waals surface area contributed by atoms with Crippen LogP contribution in [0.25, 0.3) is 5.69 Å². The molecule has 7 nitrogen and oxygen atoms in total. The highest BCUT2D eigenvalue weighted by Crippen LogP contribution is 2.38. The molecule has 2 aliphatic rings. The Kier molecular flexibility index (Phi) is 5.93. The van der Waals surface area contributed by atoms with Crippen LogP contribution in [-0.2, 0) is 17.6 Å². The SMILES string of the molecule is CC1(C)CC(=O)c2c(Cc3ccccn3)nn(-c3ccc(C#N)c(NC4CCOCC4)c3)c2C1. The van der Waals surface area contributed by atoms with E-state index in [1.54, 1.807) is 6.20 Å². The zero-order valence-electron chi connectivity index (χ0n) is 19.7. The van der Waals surface area contributed by atoms with Crippen molar-refractivity contribution in [1.82, 2.24) is 14.8 Å². The van der Waals surface area contributed by atoms with Gasteiger partial charge in [-0.2, -0.15) is 10.4 Å². The fourth-order valence-corrected chi connectivity index (χ4v) is 4.98. The highest BCUT2D eigenvalue weighted by Gasteiger charge is 2.36. The largest absolute Gasteiger partial charge is 0.381 e. The van der Waals surface area contributed by atoms with Gasteiger partial charge in [-0.15, -0.1) is 0 Å². The molecule has 1 N–H and O–H groups in total. The van der Waals surface area contributed by atoms with Gasteiger partial charge in [-0.3, -0.25) is 9.78 Å². The number of carbonyl (C=O) groups is 1. The van der Waals surface area contributed by atoms with Crippen molar-refractivity contribution in [2.24, 2.45) is 5.41 Å². The van der Waals surface area contributed by atoms with E-state index in [1.807, 2.05) is 41.1 Å². The number of nitriles is 1. The third-order valence-electron chi connectivity index (χ3n) is 6.64. The van der Waals surface area contributed by atoms with Crippen molar-refractivity contribution < 1.29 is 9.53 Å². The fraction of sp³-hybridized carbons (Fsp3) is 0.407. The van der Waals surface area contributed by atoms with Crippen molar-refractivity contribution in [3.63, 3.8) is 0 Å². The number of fused-ring (bicyclic) bond motifs is 1. The number of benzene rings is 1. The Labute approximate surface area is 199 Å². The lowest BCUT2D eigenvalue weighted by molar-refractivity contribution is 0.0903. The minimum Gasteiger partial charge on any atom is -0.381 e. The predicted octanol–water partition coefficient (Wildman–Crippen LogP) is 4.48. The van der Waals surface area contributed by atoms with Crippen LogP contribution >= 0.6 is 0 Å². The van der Waals surface area contributed by atoms with Gasteiger partial charge >= 0.3 is 0 Å². The van der Waals surface area contributed by atoms with Gasteiger partial charge in [0.2, 0.25) is 0 Å². The van der Waals surface area contributed by atoms with Crippen LogP contribution in [0.3, 0.4) is 0 Å². The monoisotopic (exact) mass is 455 g/mol. The second kappa shape index (κ2) is 9.03. The third kappa shape index (κ3) is 4.46. The van der Waals surface area contributed by atoms with Crippen molar-refractivity contribution in [1.29, 1.82) is 5.26 Å². The first kappa shape index (κ1) is 22.3. The summed E-state index contributed by atoms with van der Waals surface area (Å²) in [5.41, 5.74) is 5.42. The van der Waals surface area contributed by atoms with Gasteiger partial charge in [0, 0.05) is 44.0 Å². The van der Waals surface area contributed by atoms with Gasteiger partial charge in [0.25, 0.3) is 0 Å². The second-order valence-electron chi connectivity index (χ2n) is 9.99. The molecule has 3 heterocycles. The molecule has 1 aliphatic heterocycles. The van der Waals surface area contributed by atoms with Gasteiger partial charge in [-0.1, -0.05) is 19.9 Å². The topological polar surface area (TPSA) is 92.8 Å². The Morgan fingerprint density at radius 3 is 2.76 bits per heavy atom. The van der Waals surface area contributed by atoms with Gasteiger partial charge in [-0.05, 0) is 55.0 Å². The molecule has 1 fully saturated rings. The van der Waals surface area contributed by atoms with E-state index in [0.29, 0.717) is 18.4 Å². The van der Waals surface area contributed by atoms with Crippen LogP contribution in [0.1, 0.15) is 66.1 Å². The summed E-state index contributed by atoms with van der Waals surface area (Å²) in [5, 5.41) is 18.2. The van der Waals surface area contributed by atoms with E-state index in [0.717, 1.165) is 66.5 Å². The van der Waals surface area contributed by atoms with E-state index in [-0.39, 0.29) is 17.2 Å². The molecule has 174 valence electrons. The second-order valence-corrected chi connectivity index (χ2v) is 9.99. The minimum absolute atomic E-state index is 0.137. The molecule has 0 saturated carbocycles. The average molecular weight is 456 g/mol. The number of nitrogens with one attached hydrogen (secondary N) is 1. The smallest absolute Gasteiger partial charge is 0.167 e. The van der Waals surface area contributed by atoms with Gasteiger partial charge < -0.3 is 10.1 Å². The molecule has 5 rings (SSSR count). The summed E-state index contributed by atoms with van der Waals surface area (Å²) in [7, 11) is 0. The van der Waals surface area contributed by atoms with Crippen molar-refractivity contribution in [2.75, 3.05) is 18.5 Å². The van der Waals surface area contributed by atoms with Crippen molar-refractivity contribution in [2.45, 2.75) is 52.0 Å². The zero-order chi connectivity index (χ0) is 23.7. The number of Topliss-reactive ketones (excluding diaryl/α,β-unsaturated/α-hetero) is 1. The van der Waals surface area contributed by atoms with E-state index in [9.17, 15) is 10.1 Å². The first-order valence-electron chi connectivity index (χ1n) is 11.9. The lowest BCUT2D eigenvalue weighted by Gasteiger charge is -2.29. The van der Waals surface area contributed by atoms with Gasteiger partial charge in [0.1, 0.15) is 6.07 Å². The Hall–Kier alpha value is -3.50. The normalized spacial score (nSPS) is 17.7. The molecule has 1 aromatic carbocycles. The zero-order valence-corrected chi connectivity index (χ0v) is 19.7. The van der Waals surface area contributed by atoms with E-state index >= 15 is 0 Å². The lowest BCUT2D eigenvalue weighted by atomic mass is 9.75. The first-order chi connectivity index (χ1) is 16.4. The Balaban J connectivity index is 1.58. The summed E-state index contributed by atoms with van der Waals surface area (Å²) >= 11 is 0. The van der Waals surface area contributed by atoms with E-state index in [2.05, 4.69) is 30.2 Å². The standard InChI is InChI=1S/C27H29N5O2/c1-27(2)15-24-26(25(33)16-27)23(13-20-5-3-4-10-29-20)31-32(24)21-7-6-18(17-28)22(14-21)30-19-8-11-34-12-9-19/h3-7,10,14,19,30H,8-9,11-13,15-16H2,1-2H3. The fourth-order valence-electron chi connectivity index (χ4n) is 4.98. The van der Waals surface area contributed by atoms with Gasteiger partial charge in [-0.25, -0.2) is 4.68 Å². The predicted molar refractivity (Wildman–Crippen MR) is 129 cm³/mol. The molecule has 0 spiro atoms. The van der Waals surface area contributed by atoms with Crippen LogP contribution in [0.15, 0.2) is 42.6 Å². The number of hydrogen-bond donors (Lipinski definition) is 1. The summed E-state index contributed by atoms with van der Waals surface area (Å²) in [6.07, 6.45) is 5.34. The number of hydrogen-bond acceptors (Lipinski definition) is 6. The molecular weight excluding hydrogens is 426 g/mol. The summed E-state index contributed by atoms with van der Waals surface area (Å²) in [5.74, 6) is 0.137. The molecule has 34 heavy (non-hydrogen) atoms. The molecule has 2 aromatic heterocycles. The van der Waals surface area contributed by atoms with Crippen LogP contribution < -0.4 is 5.32 Å². The number of anilines is 1. The number of pyridine rings is 1. The van der Waals surface area contributed by atoms with Gasteiger partial charge in [0.15, 0.2) is 5.78 Å². The lowest BCUT2D eigenvalue weighted by Crippen LogP contribution is -2.29. The first-order valence-corrected chi connectivity index (χ1v) is 11.9. The maximum atomic E-state index is 13.2. The van der Waals surface area contributed by atoms with Crippen molar-refractivity contribution >= 4 is 11.5 Å². The molecule has 0 atom stereocenters. The molecule has 7 heteroatoms. The number of ether oxygens (including phenoxy) is 1. The molecule has 0 unspecified atom stereocenters. The van der Waals surface area contributed by atoms with Crippen LogP contribution in [0.4, 0.5) is 5.69 Å². The molecule has 0 radical (unpaired) electrons. The molecule has 0 amide bonds. The van der Waals surface area contributed by atoms with Gasteiger partial charge in [0.05, 0.1) is 33.9 Å². The number of carbonyl (C=O) groups excluding carboxylic acids is 1. The molecule has 1 aliphatic carbocycles. The number of nitrogens with zero attached hydrogens (tertiary/aromatic N) is 4. The molecule has 0 bridgehead atoms. The molecular formula is C27H29N5O2. The van der Waals surface area contributed by atoms with Crippen molar-refractivity contribution in [3.05, 3.63) is 70.8 Å². The molecule has 3 aromatic rings. The number of rotatable bonds is 5. The number of aromatic nitrogens is 3. The third-order valence-corrected chi connectivity index (χ3v) is 6.64. The van der Waals surface area contributed by atoms with E-state index in [1.165, 1.54) is 0 Å². The van der Waals surface area contributed by atoms with Crippen LogP contribution in [0.5, 0.6) is 0 Å². The quantitative estimate of drug-likeness (QED) is 0.610. The summed E-state index contributed by atoms with van der Waals surface area (Å²) in [6, 6.07) is 14.1.